The lowest BCUT2D eigenvalue weighted by Crippen LogP contribution is -2.28. The molecule has 2 amide bonds. The number of benzene rings is 1. The summed E-state index contributed by atoms with van der Waals surface area (Å²) in [5.41, 5.74) is 7.42. The highest BCUT2D eigenvalue weighted by molar-refractivity contribution is 6.34. The van der Waals surface area contributed by atoms with Crippen molar-refractivity contribution in [2.75, 3.05) is 6.54 Å². The highest BCUT2D eigenvalue weighted by Gasteiger charge is 2.11. The van der Waals surface area contributed by atoms with Gasteiger partial charge in [-0.1, -0.05) is 11.6 Å². The van der Waals surface area contributed by atoms with E-state index >= 15 is 0 Å². The predicted octanol–water partition coefficient (Wildman–Crippen LogP) is 1.56. The first-order valence-electron chi connectivity index (χ1n) is 5.25. The smallest absolute Gasteiger partial charge is 0.252 e. The molecule has 5 heteroatoms. The van der Waals surface area contributed by atoms with E-state index in [1.54, 1.807) is 12.1 Å². The number of carbonyl (C=O) groups excluding carboxylic acids is 2. The van der Waals surface area contributed by atoms with Gasteiger partial charge in [0.15, 0.2) is 0 Å². The van der Waals surface area contributed by atoms with E-state index in [1.165, 1.54) is 0 Å². The van der Waals surface area contributed by atoms with Crippen molar-refractivity contribution in [1.29, 1.82) is 0 Å². The van der Waals surface area contributed by atoms with E-state index < -0.39 is 5.91 Å². The van der Waals surface area contributed by atoms with Gasteiger partial charge < -0.3 is 11.1 Å². The van der Waals surface area contributed by atoms with Gasteiger partial charge in [-0.25, -0.2) is 0 Å². The summed E-state index contributed by atoms with van der Waals surface area (Å²) in [4.78, 5) is 22.3. The Morgan fingerprint density at radius 3 is 2.47 bits per heavy atom. The molecule has 0 spiro atoms. The van der Waals surface area contributed by atoms with E-state index in [1.807, 2.05) is 13.8 Å². The summed E-state index contributed by atoms with van der Waals surface area (Å²) in [6.45, 7) is 4.05. The molecular weight excluding hydrogens is 240 g/mol. The number of halogens is 1. The molecule has 1 aromatic carbocycles. The molecule has 1 aromatic rings. The zero-order valence-corrected chi connectivity index (χ0v) is 10.6. The van der Waals surface area contributed by atoms with Gasteiger partial charge in [-0.15, -0.1) is 0 Å². The summed E-state index contributed by atoms with van der Waals surface area (Å²) < 4.78 is 0. The van der Waals surface area contributed by atoms with Gasteiger partial charge in [-0.05, 0) is 37.1 Å². The average Bonchev–Trinajstić information content (AvgIpc) is 2.22. The number of hydrogen-bond donors (Lipinski definition) is 2. The van der Waals surface area contributed by atoms with Crippen molar-refractivity contribution >= 4 is 23.4 Å². The molecule has 0 saturated carbocycles. The SMILES string of the molecule is Cc1cc(Cl)c(C(=O)NCCC(N)=O)cc1C. The van der Waals surface area contributed by atoms with Crippen LogP contribution in [0.1, 0.15) is 27.9 Å². The standard InChI is InChI=1S/C12H15ClN2O2/c1-7-5-9(10(13)6-8(7)2)12(17)15-4-3-11(14)16/h5-6H,3-4H2,1-2H3,(H2,14,16)(H,15,17). The zero-order valence-electron chi connectivity index (χ0n) is 9.84. The minimum Gasteiger partial charge on any atom is -0.370 e. The summed E-state index contributed by atoms with van der Waals surface area (Å²) in [5.74, 6) is -0.740. The van der Waals surface area contributed by atoms with Crippen molar-refractivity contribution in [3.63, 3.8) is 0 Å². The second kappa shape index (κ2) is 5.68. The van der Waals surface area contributed by atoms with Gasteiger partial charge in [-0.2, -0.15) is 0 Å². The molecule has 0 aliphatic rings. The maximum absolute atomic E-state index is 11.8. The predicted molar refractivity (Wildman–Crippen MR) is 67.1 cm³/mol. The van der Waals surface area contributed by atoms with Crippen molar-refractivity contribution in [3.8, 4) is 0 Å². The molecule has 0 aliphatic carbocycles. The van der Waals surface area contributed by atoms with Crippen LogP contribution in [0, 0.1) is 13.8 Å². The lowest BCUT2D eigenvalue weighted by Gasteiger charge is -2.08. The largest absolute Gasteiger partial charge is 0.370 e. The van der Waals surface area contributed by atoms with Crippen molar-refractivity contribution in [2.45, 2.75) is 20.3 Å². The topological polar surface area (TPSA) is 72.2 Å². The molecule has 17 heavy (non-hydrogen) atoms. The molecule has 3 N–H and O–H groups in total. The molecule has 0 bridgehead atoms. The molecule has 0 atom stereocenters. The molecule has 0 fully saturated rings. The molecule has 0 radical (unpaired) electrons. The van der Waals surface area contributed by atoms with Crippen LogP contribution in [-0.2, 0) is 4.79 Å². The van der Waals surface area contributed by atoms with E-state index in [0.29, 0.717) is 10.6 Å². The quantitative estimate of drug-likeness (QED) is 0.856. The van der Waals surface area contributed by atoms with Gasteiger partial charge in [0.1, 0.15) is 0 Å². The fourth-order valence-electron chi connectivity index (χ4n) is 1.35. The van der Waals surface area contributed by atoms with Gasteiger partial charge in [0.2, 0.25) is 5.91 Å². The summed E-state index contributed by atoms with van der Waals surface area (Å²) >= 11 is 5.99. The molecule has 0 aromatic heterocycles. The van der Waals surface area contributed by atoms with Gasteiger partial charge in [0.25, 0.3) is 5.91 Å². The van der Waals surface area contributed by atoms with Gasteiger partial charge >= 0.3 is 0 Å². The fraction of sp³-hybridized carbons (Fsp3) is 0.333. The Morgan fingerprint density at radius 1 is 1.29 bits per heavy atom. The molecule has 0 heterocycles. The van der Waals surface area contributed by atoms with Crippen LogP contribution in [0.5, 0.6) is 0 Å². The van der Waals surface area contributed by atoms with Crippen LogP contribution >= 0.6 is 11.6 Å². The van der Waals surface area contributed by atoms with Crippen LogP contribution in [0.25, 0.3) is 0 Å². The lowest BCUT2D eigenvalue weighted by atomic mass is 10.1. The number of amides is 2. The second-order valence-corrected chi connectivity index (χ2v) is 4.30. The maximum atomic E-state index is 11.8. The number of nitrogens with two attached hydrogens (primary N) is 1. The van der Waals surface area contributed by atoms with Crippen LogP contribution in [0.3, 0.4) is 0 Å². The van der Waals surface area contributed by atoms with Crippen LogP contribution in [0.2, 0.25) is 5.02 Å². The Kier molecular flexibility index (Phi) is 4.52. The Labute approximate surface area is 105 Å². The third-order valence-electron chi connectivity index (χ3n) is 2.48. The fourth-order valence-corrected chi connectivity index (χ4v) is 1.65. The van der Waals surface area contributed by atoms with E-state index in [4.69, 9.17) is 17.3 Å². The molecule has 0 saturated heterocycles. The lowest BCUT2D eigenvalue weighted by molar-refractivity contribution is -0.117. The summed E-state index contributed by atoms with van der Waals surface area (Å²) in [6.07, 6.45) is 0.119. The molecule has 0 unspecified atom stereocenters. The van der Waals surface area contributed by atoms with Crippen molar-refractivity contribution in [1.82, 2.24) is 5.32 Å². The van der Waals surface area contributed by atoms with Gasteiger partial charge in [-0.3, -0.25) is 9.59 Å². The minimum absolute atomic E-state index is 0.119. The monoisotopic (exact) mass is 254 g/mol. The van der Waals surface area contributed by atoms with Gasteiger partial charge in [0, 0.05) is 13.0 Å². The van der Waals surface area contributed by atoms with Gasteiger partial charge in [0.05, 0.1) is 10.6 Å². The highest BCUT2D eigenvalue weighted by Crippen LogP contribution is 2.20. The third kappa shape index (κ3) is 3.75. The molecule has 0 aliphatic heterocycles. The van der Waals surface area contributed by atoms with E-state index in [9.17, 15) is 9.59 Å². The minimum atomic E-state index is -0.448. The highest BCUT2D eigenvalue weighted by atomic mass is 35.5. The van der Waals surface area contributed by atoms with Crippen LogP contribution < -0.4 is 11.1 Å². The molecular formula is C12H15ClN2O2. The van der Waals surface area contributed by atoms with Crippen molar-refractivity contribution < 1.29 is 9.59 Å². The first-order valence-corrected chi connectivity index (χ1v) is 5.63. The van der Waals surface area contributed by atoms with E-state index in [0.717, 1.165) is 11.1 Å². The molecule has 4 nitrogen and oxygen atoms in total. The number of primary amides is 1. The molecule has 1 rings (SSSR count). The summed E-state index contributed by atoms with van der Waals surface area (Å²) in [7, 11) is 0. The number of rotatable bonds is 4. The van der Waals surface area contributed by atoms with E-state index in [-0.39, 0.29) is 18.9 Å². The first kappa shape index (κ1) is 13.5. The van der Waals surface area contributed by atoms with E-state index in [2.05, 4.69) is 5.32 Å². The maximum Gasteiger partial charge on any atom is 0.252 e. The Morgan fingerprint density at radius 2 is 1.88 bits per heavy atom. The average molecular weight is 255 g/mol. The van der Waals surface area contributed by atoms with Crippen LogP contribution in [0.15, 0.2) is 12.1 Å². The first-order chi connectivity index (χ1) is 7.91. The zero-order chi connectivity index (χ0) is 13.0. The van der Waals surface area contributed by atoms with Crippen LogP contribution in [0.4, 0.5) is 0 Å². The number of nitrogens with one attached hydrogen (secondary N) is 1. The summed E-state index contributed by atoms with van der Waals surface area (Å²) in [5, 5.41) is 3.00. The third-order valence-corrected chi connectivity index (χ3v) is 2.80. The Hall–Kier alpha value is -1.55. The number of hydrogen-bond acceptors (Lipinski definition) is 2. The number of carbonyl (C=O) groups is 2. The second-order valence-electron chi connectivity index (χ2n) is 3.89. The summed E-state index contributed by atoms with van der Waals surface area (Å²) in [6, 6.07) is 3.48. The normalized spacial score (nSPS) is 10.1. The van der Waals surface area contributed by atoms with Crippen LogP contribution in [-0.4, -0.2) is 18.4 Å². The Bertz CT molecular complexity index is 458. The van der Waals surface area contributed by atoms with Crippen molar-refractivity contribution in [3.05, 3.63) is 33.8 Å². The Balaban J connectivity index is 2.75. The number of aryl methyl sites for hydroxylation is 2. The molecule has 92 valence electrons. The van der Waals surface area contributed by atoms with Crippen molar-refractivity contribution in [2.24, 2.45) is 5.73 Å².